The monoisotopic (exact) mass is 285 g/mol. The van der Waals surface area contributed by atoms with E-state index in [9.17, 15) is 0 Å². The summed E-state index contributed by atoms with van der Waals surface area (Å²) in [7, 11) is 0. The maximum atomic E-state index is 4.65. The van der Waals surface area contributed by atoms with Crippen LogP contribution in [0.1, 0.15) is 16.7 Å². The molecule has 0 unspecified atom stereocenters. The second-order valence-electron chi connectivity index (χ2n) is 5.24. The van der Waals surface area contributed by atoms with E-state index in [0.717, 1.165) is 5.71 Å². The molecule has 0 atom stereocenters. The van der Waals surface area contributed by atoms with Crippen LogP contribution in [-0.2, 0) is 6.54 Å². The first-order chi connectivity index (χ1) is 10.9. The van der Waals surface area contributed by atoms with Crippen molar-refractivity contribution in [3.05, 3.63) is 89.7 Å². The summed E-state index contributed by atoms with van der Waals surface area (Å²) in [6, 6.07) is 20.8. The zero-order valence-corrected chi connectivity index (χ0v) is 12.0. The third-order valence-corrected chi connectivity index (χ3v) is 3.88. The molecule has 3 aromatic rings. The first kappa shape index (κ1) is 12.8. The minimum atomic E-state index is 0.691. The molecule has 22 heavy (non-hydrogen) atoms. The zero-order chi connectivity index (χ0) is 14.8. The Morgan fingerprint density at radius 1 is 0.727 bits per heavy atom. The van der Waals surface area contributed by atoms with Gasteiger partial charge in [0.2, 0.25) is 0 Å². The van der Waals surface area contributed by atoms with Gasteiger partial charge in [-0.1, -0.05) is 48.5 Å². The van der Waals surface area contributed by atoms with Gasteiger partial charge in [0.25, 0.3) is 0 Å². The van der Waals surface area contributed by atoms with Crippen LogP contribution in [0.15, 0.2) is 78.2 Å². The summed E-state index contributed by atoms with van der Waals surface area (Å²) in [4.78, 5) is 4.03. The predicted molar refractivity (Wildman–Crippen MR) is 88.6 cm³/mol. The lowest BCUT2D eigenvalue weighted by atomic mass is 10.1. The third kappa shape index (κ3) is 2.17. The zero-order valence-electron chi connectivity index (χ0n) is 12.0. The molecule has 0 saturated carbocycles. The minimum absolute atomic E-state index is 0.691. The highest BCUT2D eigenvalue weighted by Gasteiger charge is 2.23. The number of benzene rings is 2. The molecule has 0 radical (unpaired) electrons. The van der Waals surface area contributed by atoms with Gasteiger partial charge in [-0.25, -0.2) is 0 Å². The van der Waals surface area contributed by atoms with Crippen molar-refractivity contribution < 1.29 is 0 Å². The quantitative estimate of drug-likeness (QED) is 0.584. The van der Waals surface area contributed by atoms with Crippen LogP contribution in [0, 0.1) is 0 Å². The summed E-state index contributed by atoms with van der Waals surface area (Å²) in [5.74, 6) is 0. The number of hydrazone groups is 1. The van der Waals surface area contributed by atoms with Crippen LogP contribution in [-0.4, -0.2) is 10.7 Å². The summed E-state index contributed by atoms with van der Waals surface area (Å²) in [5, 5.41) is 4.65. The van der Waals surface area contributed by atoms with E-state index < -0.39 is 0 Å². The van der Waals surface area contributed by atoms with Gasteiger partial charge >= 0.3 is 0 Å². The van der Waals surface area contributed by atoms with E-state index in [1.807, 2.05) is 12.1 Å². The molecule has 4 rings (SSSR count). The van der Waals surface area contributed by atoms with Gasteiger partial charge in [0.1, 0.15) is 0 Å². The van der Waals surface area contributed by atoms with E-state index in [4.69, 9.17) is 0 Å². The van der Waals surface area contributed by atoms with Gasteiger partial charge < -0.3 is 5.43 Å². The van der Waals surface area contributed by atoms with Crippen LogP contribution < -0.4 is 5.43 Å². The Morgan fingerprint density at radius 3 is 1.86 bits per heavy atom. The van der Waals surface area contributed by atoms with E-state index >= 15 is 0 Å². The standard InChI is InChI=1S/C19H15N3/c1-3-7-17-15(5-1)16-6-2-4-8-18(16)19(17)22-21-13-14-9-11-20-12-10-14/h1-12,21H,13H2. The molecule has 2 aromatic carbocycles. The Kier molecular flexibility index (Phi) is 3.16. The molecule has 3 heteroatoms. The summed E-state index contributed by atoms with van der Waals surface area (Å²) < 4.78 is 0. The van der Waals surface area contributed by atoms with E-state index in [0.29, 0.717) is 6.54 Å². The molecule has 1 N–H and O–H groups in total. The summed E-state index contributed by atoms with van der Waals surface area (Å²) in [6.45, 7) is 0.691. The number of nitrogens with zero attached hydrogens (tertiary/aromatic N) is 2. The highest BCUT2D eigenvalue weighted by Crippen LogP contribution is 2.36. The highest BCUT2D eigenvalue weighted by molar-refractivity contribution is 6.24. The number of nitrogens with one attached hydrogen (secondary N) is 1. The van der Waals surface area contributed by atoms with Crippen LogP contribution in [0.3, 0.4) is 0 Å². The Labute approximate surface area is 129 Å². The van der Waals surface area contributed by atoms with Crippen LogP contribution >= 0.6 is 0 Å². The van der Waals surface area contributed by atoms with Gasteiger partial charge in [0, 0.05) is 23.5 Å². The van der Waals surface area contributed by atoms with Gasteiger partial charge in [0.15, 0.2) is 0 Å². The Bertz CT molecular complexity index is 791. The van der Waals surface area contributed by atoms with Crippen molar-refractivity contribution >= 4 is 5.71 Å². The van der Waals surface area contributed by atoms with Crippen molar-refractivity contribution in [1.82, 2.24) is 10.4 Å². The van der Waals surface area contributed by atoms with Crippen LogP contribution in [0.4, 0.5) is 0 Å². The fourth-order valence-corrected chi connectivity index (χ4v) is 2.83. The molecule has 0 amide bonds. The molecule has 0 bridgehead atoms. The van der Waals surface area contributed by atoms with Crippen LogP contribution in [0.5, 0.6) is 0 Å². The first-order valence-corrected chi connectivity index (χ1v) is 7.32. The third-order valence-electron chi connectivity index (χ3n) is 3.88. The highest BCUT2D eigenvalue weighted by atomic mass is 15.3. The molecule has 0 fully saturated rings. The molecule has 1 aromatic heterocycles. The maximum Gasteiger partial charge on any atom is 0.0986 e. The second kappa shape index (κ2) is 5.45. The van der Waals surface area contributed by atoms with Crippen molar-refractivity contribution in [1.29, 1.82) is 0 Å². The van der Waals surface area contributed by atoms with Gasteiger partial charge in [-0.3, -0.25) is 4.98 Å². The van der Waals surface area contributed by atoms with Crippen molar-refractivity contribution in [3.8, 4) is 11.1 Å². The number of rotatable bonds is 3. The van der Waals surface area contributed by atoms with Gasteiger partial charge in [0.05, 0.1) is 12.3 Å². The van der Waals surface area contributed by atoms with E-state index in [1.54, 1.807) is 12.4 Å². The Morgan fingerprint density at radius 2 is 1.27 bits per heavy atom. The van der Waals surface area contributed by atoms with E-state index in [2.05, 4.69) is 64.0 Å². The van der Waals surface area contributed by atoms with Gasteiger partial charge in [-0.15, -0.1) is 0 Å². The largest absolute Gasteiger partial charge is 0.305 e. The lowest BCUT2D eigenvalue weighted by molar-refractivity contribution is 0.744. The number of pyridine rings is 1. The molecule has 0 aliphatic heterocycles. The number of hydrogen-bond acceptors (Lipinski definition) is 3. The van der Waals surface area contributed by atoms with Crippen molar-refractivity contribution in [2.24, 2.45) is 5.10 Å². The Hall–Kier alpha value is -2.94. The average Bonchev–Trinajstić information content (AvgIpc) is 2.91. The Balaban J connectivity index is 1.68. The van der Waals surface area contributed by atoms with Gasteiger partial charge in [-0.2, -0.15) is 5.10 Å². The SMILES string of the molecule is c1ccc2c(c1)C(=NNCc1ccncc1)c1ccccc1-2. The van der Waals surface area contributed by atoms with Crippen molar-refractivity contribution in [2.75, 3.05) is 0 Å². The normalized spacial score (nSPS) is 11.7. The summed E-state index contributed by atoms with van der Waals surface area (Å²) >= 11 is 0. The smallest absolute Gasteiger partial charge is 0.0986 e. The molecule has 106 valence electrons. The van der Waals surface area contributed by atoms with Crippen molar-refractivity contribution in [2.45, 2.75) is 6.54 Å². The number of aromatic nitrogens is 1. The van der Waals surface area contributed by atoms with E-state index in [1.165, 1.54) is 27.8 Å². The summed E-state index contributed by atoms with van der Waals surface area (Å²) in [5.41, 5.74) is 10.2. The molecular formula is C19H15N3. The molecule has 1 aliphatic carbocycles. The predicted octanol–water partition coefficient (Wildman–Crippen LogP) is 3.60. The average molecular weight is 285 g/mol. The lowest BCUT2D eigenvalue weighted by Gasteiger charge is -2.04. The fraction of sp³-hybridized carbons (Fsp3) is 0.0526. The van der Waals surface area contributed by atoms with Crippen LogP contribution in [0.2, 0.25) is 0 Å². The maximum absolute atomic E-state index is 4.65. The minimum Gasteiger partial charge on any atom is -0.305 e. The molecule has 0 spiro atoms. The van der Waals surface area contributed by atoms with Gasteiger partial charge in [-0.05, 0) is 28.8 Å². The molecule has 3 nitrogen and oxygen atoms in total. The van der Waals surface area contributed by atoms with Crippen LogP contribution in [0.25, 0.3) is 11.1 Å². The molecule has 1 aliphatic rings. The number of hydrogen-bond donors (Lipinski definition) is 1. The fourth-order valence-electron chi connectivity index (χ4n) is 2.83. The topological polar surface area (TPSA) is 37.3 Å². The summed E-state index contributed by atoms with van der Waals surface area (Å²) in [6.07, 6.45) is 3.59. The number of fused-ring (bicyclic) bond motifs is 3. The van der Waals surface area contributed by atoms with Crippen molar-refractivity contribution in [3.63, 3.8) is 0 Å². The molecule has 0 saturated heterocycles. The second-order valence-corrected chi connectivity index (χ2v) is 5.24. The molecular weight excluding hydrogens is 270 g/mol. The lowest BCUT2D eigenvalue weighted by Crippen LogP contribution is -2.10. The molecule has 1 heterocycles. The first-order valence-electron chi connectivity index (χ1n) is 7.32. The van der Waals surface area contributed by atoms with E-state index in [-0.39, 0.29) is 0 Å².